The van der Waals surface area contributed by atoms with Crippen molar-refractivity contribution >= 4 is 23.3 Å². The van der Waals surface area contributed by atoms with Gasteiger partial charge in [0.15, 0.2) is 0 Å². The average Bonchev–Trinajstić information content (AvgIpc) is 2.87. The average molecular weight is 294 g/mol. The van der Waals surface area contributed by atoms with E-state index in [0.29, 0.717) is 11.6 Å². The van der Waals surface area contributed by atoms with E-state index in [1.54, 1.807) is 17.8 Å². The molecule has 6 heteroatoms. The van der Waals surface area contributed by atoms with Gasteiger partial charge in [-0.2, -0.15) is 5.10 Å². The molecule has 1 aromatic heterocycles. The summed E-state index contributed by atoms with van der Waals surface area (Å²) in [5.41, 5.74) is 1.88. The topological polar surface area (TPSA) is 56.1 Å². The molecule has 0 spiro atoms. The van der Waals surface area contributed by atoms with E-state index in [2.05, 4.69) is 15.2 Å². The Balaban J connectivity index is 1.98. The van der Waals surface area contributed by atoms with Gasteiger partial charge in [0.25, 0.3) is 0 Å². The molecule has 0 fully saturated rings. The first-order valence-electron chi connectivity index (χ1n) is 6.20. The molecule has 0 amide bonds. The van der Waals surface area contributed by atoms with E-state index in [1.165, 1.54) is 7.11 Å². The van der Waals surface area contributed by atoms with Crippen LogP contribution in [-0.2, 0) is 16.1 Å². The molecule has 0 aliphatic heterocycles. The van der Waals surface area contributed by atoms with Gasteiger partial charge in [0.05, 0.1) is 25.5 Å². The van der Waals surface area contributed by atoms with Crippen LogP contribution in [0.15, 0.2) is 36.7 Å². The van der Waals surface area contributed by atoms with Gasteiger partial charge in [-0.1, -0.05) is 23.7 Å². The molecular weight excluding hydrogens is 278 g/mol. The van der Waals surface area contributed by atoms with Gasteiger partial charge < -0.3 is 10.1 Å². The van der Waals surface area contributed by atoms with E-state index < -0.39 is 6.04 Å². The third kappa shape index (κ3) is 3.74. The summed E-state index contributed by atoms with van der Waals surface area (Å²) < 4.78 is 6.44. The minimum atomic E-state index is -0.409. The fourth-order valence-corrected chi connectivity index (χ4v) is 1.91. The Hall–Kier alpha value is -2.01. The summed E-state index contributed by atoms with van der Waals surface area (Å²) in [5.74, 6) is -0.310. The first-order valence-corrected chi connectivity index (χ1v) is 6.57. The number of nitrogens with zero attached hydrogens (tertiary/aromatic N) is 2. The summed E-state index contributed by atoms with van der Waals surface area (Å²) in [6.45, 7) is 2.38. The van der Waals surface area contributed by atoms with E-state index in [-0.39, 0.29) is 5.97 Å². The molecule has 0 saturated carbocycles. The second-order valence-electron chi connectivity index (χ2n) is 4.44. The number of aromatic nitrogens is 2. The summed E-state index contributed by atoms with van der Waals surface area (Å²) in [4.78, 5) is 11.3. The number of nitrogens with one attached hydrogen (secondary N) is 1. The highest BCUT2D eigenvalue weighted by Gasteiger charge is 2.13. The van der Waals surface area contributed by atoms with Gasteiger partial charge in [-0.3, -0.25) is 4.68 Å². The van der Waals surface area contributed by atoms with Crippen LogP contribution in [0.4, 0.5) is 5.69 Å². The number of rotatable bonds is 5. The first-order chi connectivity index (χ1) is 9.58. The molecule has 1 aromatic carbocycles. The molecule has 0 bridgehead atoms. The molecule has 1 N–H and O–H groups in total. The lowest BCUT2D eigenvalue weighted by Crippen LogP contribution is -2.26. The number of carbonyl (C=O) groups excluding carboxylic acids is 1. The monoisotopic (exact) mass is 293 g/mol. The van der Waals surface area contributed by atoms with Crippen LogP contribution in [0.2, 0.25) is 5.02 Å². The third-order valence-corrected chi connectivity index (χ3v) is 3.08. The number of anilines is 1. The standard InChI is InChI=1S/C14H16ClN3O2/c1-10(14(19)20-2)17-13-7-16-18(9-13)8-11-3-5-12(15)6-4-11/h3-7,9-10,17H,8H2,1-2H3/t10-/m0/s1. The quantitative estimate of drug-likeness (QED) is 0.861. The fourth-order valence-electron chi connectivity index (χ4n) is 1.79. The molecule has 5 nitrogen and oxygen atoms in total. The summed E-state index contributed by atoms with van der Waals surface area (Å²) in [6, 6.07) is 7.19. The molecule has 1 atom stereocenters. The summed E-state index contributed by atoms with van der Waals surface area (Å²) in [5, 5.41) is 7.98. The normalized spacial score (nSPS) is 11.9. The van der Waals surface area contributed by atoms with Crippen molar-refractivity contribution in [3.8, 4) is 0 Å². The Bertz CT molecular complexity index is 580. The molecule has 0 aliphatic rings. The number of esters is 1. The zero-order chi connectivity index (χ0) is 14.5. The van der Waals surface area contributed by atoms with E-state index in [1.807, 2.05) is 30.5 Å². The van der Waals surface area contributed by atoms with Crippen LogP contribution in [0, 0.1) is 0 Å². The molecule has 0 aliphatic carbocycles. The van der Waals surface area contributed by atoms with Gasteiger partial charge in [0.2, 0.25) is 0 Å². The predicted molar refractivity (Wildman–Crippen MR) is 77.9 cm³/mol. The van der Waals surface area contributed by atoms with Crippen molar-refractivity contribution in [3.05, 3.63) is 47.2 Å². The van der Waals surface area contributed by atoms with Crippen LogP contribution < -0.4 is 5.32 Å². The number of carbonyl (C=O) groups is 1. The van der Waals surface area contributed by atoms with Crippen LogP contribution in [0.5, 0.6) is 0 Å². The van der Waals surface area contributed by atoms with E-state index in [9.17, 15) is 4.79 Å². The Morgan fingerprint density at radius 3 is 2.80 bits per heavy atom. The smallest absolute Gasteiger partial charge is 0.327 e. The van der Waals surface area contributed by atoms with Crippen LogP contribution in [0.1, 0.15) is 12.5 Å². The summed E-state index contributed by atoms with van der Waals surface area (Å²) in [7, 11) is 1.37. The van der Waals surface area contributed by atoms with Gasteiger partial charge in [0.1, 0.15) is 6.04 Å². The predicted octanol–water partition coefficient (Wildman–Crippen LogP) is 2.56. The van der Waals surface area contributed by atoms with Gasteiger partial charge >= 0.3 is 5.97 Å². The van der Waals surface area contributed by atoms with Crippen molar-refractivity contribution < 1.29 is 9.53 Å². The number of halogens is 1. The van der Waals surface area contributed by atoms with Gasteiger partial charge in [0, 0.05) is 11.2 Å². The SMILES string of the molecule is COC(=O)[C@H](C)Nc1cnn(Cc2ccc(Cl)cc2)c1. The maximum atomic E-state index is 11.3. The minimum absolute atomic E-state index is 0.310. The Morgan fingerprint density at radius 1 is 1.45 bits per heavy atom. The summed E-state index contributed by atoms with van der Waals surface area (Å²) >= 11 is 5.84. The van der Waals surface area contributed by atoms with Gasteiger partial charge in [-0.15, -0.1) is 0 Å². The molecule has 0 radical (unpaired) electrons. The van der Waals surface area contributed by atoms with E-state index in [0.717, 1.165) is 11.3 Å². The first kappa shape index (κ1) is 14.4. The minimum Gasteiger partial charge on any atom is -0.467 e. The number of benzene rings is 1. The highest BCUT2D eigenvalue weighted by Crippen LogP contribution is 2.12. The second kappa shape index (κ2) is 6.43. The highest BCUT2D eigenvalue weighted by molar-refractivity contribution is 6.30. The Morgan fingerprint density at radius 2 is 2.15 bits per heavy atom. The van der Waals surface area contributed by atoms with Crippen molar-refractivity contribution in [2.45, 2.75) is 19.5 Å². The van der Waals surface area contributed by atoms with Crippen LogP contribution in [0.25, 0.3) is 0 Å². The van der Waals surface area contributed by atoms with Crippen molar-refractivity contribution in [1.82, 2.24) is 9.78 Å². The lowest BCUT2D eigenvalue weighted by Gasteiger charge is -2.10. The van der Waals surface area contributed by atoms with Crippen LogP contribution in [0.3, 0.4) is 0 Å². The highest BCUT2D eigenvalue weighted by atomic mass is 35.5. The molecule has 106 valence electrons. The van der Waals surface area contributed by atoms with Crippen molar-refractivity contribution in [3.63, 3.8) is 0 Å². The molecule has 0 unspecified atom stereocenters. The molecule has 2 aromatic rings. The maximum Gasteiger partial charge on any atom is 0.327 e. The number of methoxy groups -OCH3 is 1. The zero-order valence-corrected chi connectivity index (χ0v) is 12.1. The molecule has 0 saturated heterocycles. The molecular formula is C14H16ClN3O2. The lowest BCUT2D eigenvalue weighted by molar-refractivity contribution is -0.141. The summed E-state index contributed by atoms with van der Waals surface area (Å²) in [6.07, 6.45) is 3.52. The lowest BCUT2D eigenvalue weighted by atomic mass is 10.2. The molecule has 20 heavy (non-hydrogen) atoms. The fraction of sp³-hybridized carbons (Fsp3) is 0.286. The number of hydrogen-bond donors (Lipinski definition) is 1. The second-order valence-corrected chi connectivity index (χ2v) is 4.88. The number of hydrogen-bond acceptors (Lipinski definition) is 4. The van der Waals surface area contributed by atoms with Gasteiger partial charge in [-0.05, 0) is 24.6 Å². The maximum absolute atomic E-state index is 11.3. The van der Waals surface area contributed by atoms with Crippen LogP contribution in [-0.4, -0.2) is 28.9 Å². The Labute approximate surface area is 122 Å². The molecule has 1 heterocycles. The van der Waals surface area contributed by atoms with Crippen LogP contribution >= 0.6 is 11.6 Å². The van der Waals surface area contributed by atoms with Crippen molar-refractivity contribution in [1.29, 1.82) is 0 Å². The van der Waals surface area contributed by atoms with E-state index >= 15 is 0 Å². The largest absolute Gasteiger partial charge is 0.467 e. The number of ether oxygens (including phenoxy) is 1. The zero-order valence-electron chi connectivity index (χ0n) is 11.3. The molecule has 2 rings (SSSR count). The third-order valence-electron chi connectivity index (χ3n) is 2.83. The Kier molecular flexibility index (Phi) is 4.63. The van der Waals surface area contributed by atoms with Crippen molar-refractivity contribution in [2.24, 2.45) is 0 Å². The van der Waals surface area contributed by atoms with E-state index in [4.69, 9.17) is 11.6 Å². The van der Waals surface area contributed by atoms with Crippen molar-refractivity contribution in [2.75, 3.05) is 12.4 Å². The van der Waals surface area contributed by atoms with Gasteiger partial charge in [-0.25, -0.2) is 4.79 Å².